The lowest BCUT2D eigenvalue weighted by atomic mass is 9.65. The van der Waals surface area contributed by atoms with Gasteiger partial charge in [0.15, 0.2) is 0 Å². The van der Waals surface area contributed by atoms with Crippen LogP contribution in [0, 0.1) is 16.7 Å². The molecular formula is C23H39N3O2S. The van der Waals surface area contributed by atoms with Gasteiger partial charge in [-0.15, -0.1) is 0 Å². The topological polar surface area (TPSA) is 54.7 Å². The van der Waals surface area contributed by atoms with Crippen molar-refractivity contribution in [2.45, 2.75) is 86.1 Å². The van der Waals surface area contributed by atoms with E-state index in [0.29, 0.717) is 6.42 Å². The van der Waals surface area contributed by atoms with Gasteiger partial charge in [-0.1, -0.05) is 34.1 Å². The van der Waals surface area contributed by atoms with E-state index in [9.17, 15) is 9.59 Å². The number of amides is 2. The van der Waals surface area contributed by atoms with Crippen LogP contribution in [0.3, 0.4) is 0 Å². The SMILES string of the molecule is CCCCc1cn(C(C)(C)C)s/c1=N\C(=O)[C@H]1CC[C@@](C)(C(=O)N(C)C)C1(C)C. The summed E-state index contributed by atoms with van der Waals surface area (Å²) in [6.07, 6.45) is 6.72. The Hall–Kier alpha value is -1.43. The second-order valence-corrected chi connectivity index (χ2v) is 11.4. The summed E-state index contributed by atoms with van der Waals surface area (Å²) in [5, 5.41) is 0. The summed E-state index contributed by atoms with van der Waals surface area (Å²) in [7, 11) is 3.58. The van der Waals surface area contributed by atoms with Crippen molar-refractivity contribution in [3.8, 4) is 0 Å². The Kier molecular flexibility index (Phi) is 6.88. The number of rotatable bonds is 5. The van der Waals surface area contributed by atoms with Gasteiger partial charge in [-0.2, -0.15) is 0 Å². The Morgan fingerprint density at radius 3 is 2.41 bits per heavy atom. The number of hydrogen-bond donors (Lipinski definition) is 0. The Morgan fingerprint density at radius 2 is 1.90 bits per heavy atom. The third-order valence-corrected chi connectivity index (χ3v) is 8.18. The van der Waals surface area contributed by atoms with Crippen molar-refractivity contribution < 1.29 is 9.59 Å². The molecule has 1 saturated carbocycles. The van der Waals surface area contributed by atoms with Crippen molar-refractivity contribution in [2.75, 3.05) is 14.1 Å². The summed E-state index contributed by atoms with van der Waals surface area (Å²) in [6.45, 7) is 14.8. The number of carbonyl (C=O) groups is 2. The van der Waals surface area contributed by atoms with E-state index in [0.717, 1.165) is 35.9 Å². The fraction of sp³-hybridized carbons (Fsp3) is 0.783. The molecule has 0 aliphatic heterocycles. The second kappa shape index (κ2) is 8.37. The Bertz CT molecular complexity index is 826. The van der Waals surface area contributed by atoms with Crippen LogP contribution in [0.25, 0.3) is 0 Å². The molecule has 1 aromatic heterocycles. The van der Waals surface area contributed by atoms with Crippen molar-refractivity contribution in [1.82, 2.24) is 8.86 Å². The van der Waals surface area contributed by atoms with Crippen LogP contribution in [0.4, 0.5) is 0 Å². The van der Waals surface area contributed by atoms with Crippen molar-refractivity contribution in [3.63, 3.8) is 0 Å². The molecule has 0 aromatic carbocycles. The number of unbranched alkanes of at least 4 members (excludes halogenated alkanes) is 1. The van der Waals surface area contributed by atoms with Gasteiger partial charge in [0.25, 0.3) is 5.91 Å². The van der Waals surface area contributed by atoms with Crippen LogP contribution >= 0.6 is 11.5 Å². The first-order valence-corrected chi connectivity index (χ1v) is 11.6. The molecule has 1 aromatic rings. The van der Waals surface area contributed by atoms with Crippen LogP contribution in [0.2, 0.25) is 0 Å². The molecule has 164 valence electrons. The van der Waals surface area contributed by atoms with Crippen LogP contribution in [0.5, 0.6) is 0 Å². The number of aromatic nitrogens is 1. The molecule has 2 atom stereocenters. The minimum absolute atomic E-state index is 0.0359. The van der Waals surface area contributed by atoms with Crippen LogP contribution in [0.15, 0.2) is 11.2 Å². The summed E-state index contributed by atoms with van der Waals surface area (Å²) < 4.78 is 3.03. The number of carbonyl (C=O) groups excluding carboxylic acids is 2. The largest absolute Gasteiger partial charge is 0.348 e. The molecule has 1 aliphatic rings. The summed E-state index contributed by atoms with van der Waals surface area (Å²) in [5.74, 6) is -0.213. The predicted molar refractivity (Wildman–Crippen MR) is 120 cm³/mol. The zero-order chi connectivity index (χ0) is 22.2. The lowest BCUT2D eigenvalue weighted by molar-refractivity contribution is -0.145. The molecular weight excluding hydrogens is 382 g/mol. The molecule has 0 saturated heterocycles. The molecule has 6 heteroatoms. The summed E-state index contributed by atoms with van der Waals surface area (Å²) >= 11 is 1.57. The first-order chi connectivity index (χ1) is 13.3. The van der Waals surface area contributed by atoms with Gasteiger partial charge in [0, 0.05) is 37.3 Å². The van der Waals surface area contributed by atoms with Gasteiger partial charge >= 0.3 is 0 Å². The molecule has 29 heavy (non-hydrogen) atoms. The van der Waals surface area contributed by atoms with Crippen LogP contribution in [0.1, 0.15) is 79.7 Å². The molecule has 1 fully saturated rings. The van der Waals surface area contributed by atoms with Gasteiger partial charge < -0.3 is 4.90 Å². The maximum Gasteiger partial charge on any atom is 0.250 e. The summed E-state index contributed by atoms with van der Waals surface area (Å²) in [6, 6.07) is 0. The molecule has 0 radical (unpaired) electrons. The fourth-order valence-electron chi connectivity index (χ4n) is 4.32. The van der Waals surface area contributed by atoms with Crippen molar-refractivity contribution in [3.05, 3.63) is 16.4 Å². The average Bonchev–Trinajstić information content (AvgIpc) is 3.11. The number of nitrogens with zero attached hydrogens (tertiary/aromatic N) is 3. The first-order valence-electron chi connectivity index (χ1n) is 10.8. The molecule has 0 bridgehead atoms. The molecule has 0 unspecified atom stereocenters. The Labute approximate surface area is 180 Å². The highest BCUT2D eigenvalue weighted by Crippen LogP contribution is 2.56. The predicted octanol–water partition coefficient (Wildman–Crippen LogP) is 4.61. The van der Waals surface area contributed by atoms with E-state index in [1.54, 1.807) is 30.5 Å². The van der Waals surface area contributed by atoms with E-state index >= 15 is 0 Å². The molecule has 0 spiro atoms. The minimum atomic E-state index is -0.543. The van der Waals surface area contributed by atoms with Crippen LogP contribution in [-0.2, 0) is 21.5 Å². The van der Waals surface area contributed by atoms with E-state index in [2.05, 4.69) is 56.7 Å². The van der Waals surface area contributed by atoms with Crippen molar-refractivity contribution in [2.24, 2.45) is 21.7 Å². The zero-order valence-electron chi connectivity index (χ0n) is 19.8. The highest BCUT2D eigenvalue weighted by Gasteiger charge is 2.58. The highest BCUT2D eigenvalue weighted by atomic mass is 32.1. The number of hydrogen-bond acceptors (Lipinski definition) is 3. The van der Waals surface area contributed by atoms with Crippen molar-refractivity contribution >= 4 is 23.3 Å². The molecule has 0 N–H and O–H groups in total. The quantitative estimate of drug-likeness (QED) is 0.697. The highest BCUT2D eigenvalue weighted by molar-refractivity contribution is 7.04. The van der Waals surface area contributed by atoms with Crippen LogP contribution < -0.4 is 4.67 Å². The molecule has 1 heterocycles. The molecule has 5 nitrogen and oxygen atoms in total. The molecule has 2 rings (SSSR count). The van der Waals surface area contributed by atoms with Gasteiger partial charge in [-0.3, -0.25) is 13.5 Å². The smallest absolute Gasteiger partial charge is 0.250 e. The van der Waals surface area contributed by atoms with E-state index in [-0.39, 0.29) is 23.3 Å². The maximum absolute atomic E-state index is 13.3. The third-order valence-electron chi connectivity index (χ3n) is 6.81. The summed E-state index contributed by atoms with van der Waals surface area (Å²) in [5.41, 5.74) is 0.141. The molecule has 2 amide bonds. The second-order valence-electron chi connectivity index (χ2n) is 10.4. The lowest BCUT2D eigenvalue weighted by Crippen LogP contribution is -2.47. The third kappa shape index (κ3) is 4.52. The normalized spacial score (nSPS) is 24.7. The first kappa shape index (κ1) is 23.8. The fourth-order valence-corrected chi connectivity index (χ4v) is 5.37. The van der Waals surface area contributed by atoms with Crippen molar-refractivity contribution in [1.29, 1.82) is 0 Å². The van der Waals surface area contributed by atoms with Gasteiger partial charge in [0.05, 0.1) is 5.41 Å². The van der Waals surface area contributed by atoms with E-state index < -0.39 is 10.8 Å². The summed E-state index contributed by atoms with van der Waals surface area (Å²) in [4.78, 5) is 32.5. The monoisotopic (exact) mass is 421 g/mol. The van der Waals surface area contributed by atoms with E-state index in [4.69, 9.17) is 0 Å². The van der Waals surface area contributed by atoms with Crippen LogP contribution in [-0.4, -0.2) is 34.8 Å². The van der Waals surface area contributed by atoms with Gasteiger partial charge in [0.2, 0.25) is 5.91 Å². The minimum Gasteiger partial charge on any atom is -0.348 e. The Balaban J connectivity index is 2.42. The average molecular weight is 422 g/mol. The molecule has 1 aliphatic carbocycles. The van der Waals surface area contributed by atoms with Gasteiger partial charge in [0.1, 0.15) is 4.67 Å². The maximum atomic E-state index is 13.3. The lowest BCUT2D eigenvalue weighted by Gasteiger charge is -2.40. The standard InChI is InChI=1S/C23H39N3O2S/c1-10-11-12-16-15-26(21(2,3)4)29-19(16)24-18(27)17-13-14-23(7,22(17,5)6)20(28)25(8)9/h15,17H,10-14H2,1-9H3/b24-19-/t17-,23+/m1/s1. The zero-order valence-corrected chi connectivity index (χ0v) is 20.6. The van der Waals surface area contributed by atoms with E-state index in [1.165, 1.54) is 0 Å². The van der Waals surface area contributed by atoms with Gasteiger partial charge in [-0.05, 0) is 63.4 Å². The Morgan fingerprint density at radius 1 is 1.28 bits per heavy atom. The van der Waals surface area contributed by atoms with Gasteiger partial charge in [-0.25, -0.2) is 4.99 Å². The number of aryl methyl sites for hydroxylation is 1. The van der Waals surface area contributed by atoms with E-state index in [1.807, 2.05) is 6.92 Å².